The van der Waals surface area contributed by atoms with Gasteiger partial charge in [0.15, 0.2) is 0 Å². The number of carbonyl (C=O) groups is 2. The van der Waals surface area contributed by atoms with Gasteiger partial charge in [0, 0.05) is 32.9 Å². The first-order chi connectivity index (χ1) is 10.6. The number of para-hydroxylation sites is 2. The lowest BCUT2D eigenvalue weighted by Gasteiger charge is -2.06. The van der Waals surface area contributed by atoms with E-state index in [2.05, 4.69) is 20.6 Å². The van der Waals surface area contributed by atoms with Crippen LogP contribution in [0.1, 0.15) is 19.0 Å². The van der Waals surface area contributed by atoms with Gasteiger partial charge in [-0.25, -0.2) is 4.98 Å². The Morgan fingerprint density at radius 3 is 2.68 bits per heavy atom. The molecular formula is C15H18N4O3. The van der Waals surface area contributed by atoms with Crippen LogP contribution in [0.4, 0.5) is 0 Å². The molecule has 116 valence electrons. The zero-order valence-electron chi connectivity index (χ0n) is 12.3. The van der Waals surface area contributed by atoms with Crippen LogP contribution in [0.5, 0.6) is 0 Å². The largest absolute Gasteiger partial charge is 0.355 e. The Kier molecular flexibility index (Phi) is 5.24. The second-order valence-electron chi connectivity index (χ2n) is 4.86. The molecule has 0 bridgehead atoms. The van der Waals surface area contributed by atoms with E-state index in [0.29, 0.717) is 29.8 Å². The molecule has 0 fully saturated rings. The zero-order chi connectivity index (χ0) is 15.9. The number of aryl methyl sites for hydroxylation is 1. The molecule has 0 atom stereocenters. The van der Waals surface area contributed by atoms with Gasteiger partial charge in [-0.05, 0) is 12.1 Å². The summed E-state index contributed by atoms with van der Waals surface area (Å²) in [6.07, 6.45) is 0.445. The van der Waals surface area contributed by atoms with E-state index in [0.717, 1.165) is 0 Å². The first-order valence-corrected chi connectivity index (χ1v) is 7.05. The fourth-order valence-corrected chi connectivity index (χ4v) is 2.00. The maximum atomic E-state index is 11.9. The molecule has 0 aliphatic heterocycles. The zero-order valence-corrected chi connectivity index (χ0v) is 12.3. The highest BCUT2D eigenvalue weighted by Crippen LogP contribution is 2.06. The third kappa shape index (κ3) is 4.41. The van der Waals surface area contributed by atoms with Crippen molar-refractivity contribution >= 4 is 22.8 Å². The van der Waals surface area contributed by atoms with Crippen molar-refractivity contribution in [2.24, 2.45) is 0 Å². The molecule has 7 heteroatoms. The number of hydrogen-bond acceptors (Lipinski definition) is 4. The van der Waals surface area contributed by atoms with E-state index in [9.17, 15) is 14.4 Å². The van der Waals surface area contributed by atoms with E-state index in [-0.39, 0.29) is 30.2 Å². The summed E-state index contributed by atoms with van der Waals surface area (Å²) in [7, 11) is 0. The van der Waals surface area contributed by atoms with E-state index >= 15 is 0 Å². The second kappa shape index (κ2) is 7.35. The van der Waals surface area contributed by atoms with E-state index < -0.39 is 0 Å². The molecule has 0 unspecified atom stereocenters. The number of amides is 2. The molecule has 0 saturated carbocycles. The Balaban J connectivity index is 1.88. The average molecular weight is 302 g/mol. The van der Waals surface area contributed by atoms with Crippen molar-refractivity contribution in [1.82, 2.24) is 20.6 Å². The molecule has 22 heavy (non-hydrogen) atoms. The third-order valence-electron chi connectivity index (χ3n) is 3.08. The molecule has 2 aromatic rings. The molecule has 0 radical (unpaired) electrons. The van der Waals surface area contributed by atoms with E-state index in [1.54, 1.807) is 6.07 Å². The Bertz CT molecular complexity index is 739. The smallest absolute Gasteiger partial charge is 0.270 e. The summed E-state index contributed by atoms with van der Waals surface area (Å²) in [6.45, 7) is 2.16. The Morgan fingerprint density at radius 1 is 1.18 bits per heavy atom. The summed E-state index contributed by atoms with van der Waals surface area (Å²) in [5.41, 5.74) is 1.44. The van der Waals surface area contributed by atoms with Crippen LogP contribution in [0.15, 0.2) is 29.1 Å². The summed E-state index contributed by atoms with van der Waals surface area (Å²) >= 11 is 0. The van der Waals surface area contributed by atoms with Gasteiger partial charge in [0.05, 0.1) is 11.0 Å². The Labute approximate surface area is 127 Å². The van der Waals surface area contributed by atoms with Crippen LogP contribution in [0.3, 0.4) is 0 Å². The van der Waals surface area contributed by atoms with Gasteiger partial charge >= 0.3 is 0 Å². The van der Waals surface area contributed by atoms with Gasteiger partial charge in [0.25, 0.3) is 5.56 Å². The molecule has 1 aromatic carbocycles. The van der Waals surface area contributed by atoms with Crippen molar-refractivity contribution in [2.45, 2.75) is 19.8 Å². The van der Waals surface area contributed by atoms with Crippen LogP contribution >= 0.6 is 0 Å². The number of aromatic nitrogens is 2. The van der Waals surface area contributed by atoms with Crippen molar-refractivity contribution in [3.63, 3.8) is 0 Å². The molecule has 3 N–H and O–H groups in total. The minimum atomic E-state index is -0.273. The highest BCUT2D eigenvalue weighted by Gasteiger charge is 2.07. The van der Waals surface area contributed by atoms with Crippen molar-refractivity contribution in [3.05, 3.63) is 40.3 Å². The van der Waals surface area contributed by atoms with Crippen LogP contribution < -0.4 is 16.2 Å². The summed E-state index contributed by atoms with van der Waals surface area (Å²) in [6, 6.07) is 7.25. The van der Waals surface area contributed by atoms with E-state index in [4.69, 9.17) is 0 Å². The van der Waals surface area contributed by atoms with Gasteiger partial charge in [-0.15, -0.1) is 0 Å². The number of rotatable bonds is 6. The molecule has 2 rings (SSSR count). The quantitative estimate of drug-likeness (QED) is 0.659. The molecular weight excluding hydrogens is 284 g/mol. The summed E-state index contributed by atoms with van der Waals surface area (Å²) in [5.74, 6) is -0.319. The third-order valence-corrected chi connectivity index (χ3v) is 3.08. The average Bonchev–Trinajstić information content (AvgIpc) is 2.49. The SMILES string of the molecule is CC(=O)NCCNC(=O)CCc1nc2ccccc2[nH]c1=O. The lowest BCUT2D eigenvalue weighted by atomic mass is 10.2. The summed E-state index contributed by atoms with van der Waals surface area (Å²) < 4.78 is 0. The van der Waals surface area contributed by atoms with Crippen LogP contribution in [-0.2, 0) is 16.0 Å². The lowest BCUT2D eigenvalue weighted by Crippen LogP contribution is -2.34. The van der Waals surface area contributed by atoms with Gasteiger partial charge in [-0.2, -0.15) is 0 Å². The van der Waals surface area contributed by atoms with Gasteiger partial charge < -0.3 is 15.6 Å². The van der Waals surface area contributed by atoms with Crippen molar-refractivity contribution in [2.75, 3.05) is 13.1 Å². The minimum Gasteiger partial charge on any atom is -0.355 e. The number of nitrogens with zero attached hydrogens (tertiary/aromatic N) is 1. The molecule has 0 saturated heterocycles. The van der Waals surface area contributed by atoms with Gasteiger partial charge in [-0.3, -0.25) is 14.4 Å². The van der Waals surface area contributed by atoms with Gasteiger partial charge in [-0.1, -0.05) is 12.1 Å². The second-order valence-corrected chi connectivity index (χ2v) is 4.86. The predicted molar refractivity (Wildman–Crippen MR) is 82.4 cm³/mol. The normalized spacial score (nSPS) is 10.4. The standard InChI is InChI=1S/C15H18N4O3/c1-10(20)16-8-9-17-14(21)7-6-13-15(22)19-12-5-3-2-4-11(12)18-13/h2-5H,6-9H2,1H3,(H,16,20)(H,17,21)(H,19,22). The molecule has 0 aliphatic rings. The highest BCUT2D eigenvalue weighted by atomic mass is 16.2. The number of aromatic amines is 1. The number of benzene rings is 1. The first-order valence-electron chi connectivity index (χ1n) is 7.05. The van der Waals surface area contributed by atoms with Crippen molar-refractivity contribution in [3.8, 4) is 0 Å². The number of nitrogens with one attached hydrogen (secondary N) is 3. The molecule has 2 amide bonds. The molecule has 1 aromatic heterocycles. The first kappa shape index (κ1) is 15.7. The molecule has 0 spiro atoms. The minimum absolute atomic E-state index is 0.138. The molecule has 1 heterocycles. The predicted octanol–water partition coefficient (Wildman–Crippen LogP) is 0.108. The molecule has 7 nitrogen and oxygen atoms in total. The van der Waals surface area contributed by atoms with Gasteiger partial charge in [0.1, 0.15) is 5.69 Å². The number of carbonyl (C=O) groups excluding carboxylic acids is 2. The fraction of sp³-hybridized carbons (Fsp3) is 0.333. The van der Waals surface area contributed by atoms with Crippen molar-refractivity contribution < 1.29 is 9.59 Å². The Hall–Kier alpha value is -2.70. The monoisotopic (exact) mass is 302 g/mol. The van der Waals surface area contributed by atoms with Crippen LogP contribution in [0, 0.1) is 0 Å². The highest BCUT2D eigenvalue weighted by molar-refractivity contribution is 5.77. The maximum absolute atomic E-state index is 11.9. The fourth-order valence-electron chi connectivity index (χ4n) is 2.00. The van der Waals surface area contributed by atoms with Crippen molar-refractivity contribution in [1.29, 1.82) is 0 Å². The Morgan fingerprint density at radius 2 is 1.91 bits per heavy atom. The van der Waals surface area contributed by atoms with Crippen LogP contribution in [-0.4, -0.2) is 34.9 Å². The maximum Gasteiger partial charge on any atom is 0.270 e. The van der Waals surface area contributed by atoms with Gasteiger partial charge in [0.2, 0.25) is 11.8 Å². The number of hydrogen-bond donors (Lipinski definition) is 3. The topological polar surface area (TPSA) is 104 Å². The summed E-state index contributed by atoms with van der Waals surface area (Å²) in [4.78, 5) is 41.3. The number of fused-ring (bicyclic) bond motifs is 1. The van der Waals surface area contributed by atoms with E-state index in [1.807, 2.05) is 18.2 Å². The lowest BCUT2D eigenvalue weighted by molar-refractivity contribution is -0.122. The number of H-pyrrole nitrogens is 1. The van der Waals surface area contributed by atoms with Crippen LogP contribution in [0.2, 0.25) is 0 Å². The van der Waals surface area contributed by atoms with Crippen LogP contribution in [0.25, 0.3) is 11.0 Å². The molecule has 0 aliphatic carbocycles. The van der Waals surface area contributed by atoms with E-state index in [1.165, 1.54) is 6.92 Å². The summed E-state index contributed by atoms with van der Waals surface area (Å²) in [5, 5.41) is 5.25.